The molecule has 1 aromatic heterocycles. The van der Waals surface area contributed by atoms with Gasteiger partial charge in [-0.2, -0.15) is 0 Å². The van der Waals surface area contributed by atoms with Gasteiger partial charge in [-0.3, -0.25) is 9.69 Å². The second-order valence-corrected chi connectivity index (χ2v) is 5.95. The van der Waals surface area contributed by atoms with Gasteiger partial charge >= 0.3 is 0 Å². The van der Waals surface area contributed by atoms with Crippen molar-refractivity contribution in [1.29, 1.82) is 0 Å². The molecule has 0 aliphatic carbocycles. The van der Waals surface area contributed by atoms with E-state index >= 15 is 0 Å². The van der Waals surface area contributed by atoms with Crippen molar-refractivity contribution in [2.45, 2.75) is 20.4 Å². The van der Waals surface area contributed by atoms with Crippen LogP contribution in [0.25, 0.3) is 0 Å². The van der Waals surface area contributed by atoms with Crippen LogP contribution in [0, 0.1) is 5.92 Å². The van der Waals surface area contributed by atoms with Crippen LogP contribution in [-0.2, 0) is 6.54 Å². The number of piperazine rings is 1. The lowest BCUT2D eigenvalue weighted by atomic mass is 10.2. The van der Waals surface area contributed by atoms with Gasteiger partial charge in [0.2, 0.25) is 0 Å². The predicted molar refractivity (Wildman–Crippen MR) is 78.7 cm³/mol. The van der Waals surface area contributed by atoms with E-state index in [4.69, 9.17) is 4.42 Å². The predicted octanol–water partition coefficient (Wildman–Crippen LogP) is 1.41. The van der Waals surface area contributed by atoms with Crippen molar-refractivity contribution in [2.24, 2.45) is 5.92 Å². The van der Waals surface area contributed by atoms with Gasteiger partial charge in [0.05, 0.1) is 6.54 Å². The van der Waals surface area contributed by atoms with Crippen LogP contribution in [0.5, 0.6) is 0 Å². The van der Waals surface area contributed by atoms with Gasteiger partial charge in [-0.25, -0.2) is 0 Å². The van der Waals surface area contributed by atoms with Crippen LogP contribution >= 0.6 is 0 Å². The molecule has 1 N–H and O–H groups in total. The SMILES string of the molecule is CC(C)CNC(=O)c1ccc(CN2CCN(C)CC2)o1. The van der Waals surface area contributed by atoms with E-state index in [1.54, 1.807) is 6.07 Å². The van der Waals surface area contributed by atoms with Gasteiger partial charge in [0, 0.05) is 32.7 Å². The number of hydrogen-bond donors (Lipinski definition) is 1. The molecule has 2 rings (SSSR count). The minimum atomic E-state index is -0.122. The average molecular weight is 279 g/mol. The van der Waals surface area contributed by atoms with E-state index in [-0.39, 0.29) is 5.91 Å². The number of amides is 1. The molecule has 1 aliphatic heterocycles. The Hall–Kier alpha value is -1.33. The van der Waals surface area contributed by atoms with Gasteiger partial charge in [0.1, 0.15) is 5.76 Å². The summed E-state index contributed by atoms with van der Waals surface area (Å²) in [6.45, 7) is 9.87. The van der Waals surface area contributed by atoms with Crippen LogP contribution in [0.2, 0.25) is 0 Å². The van der Waals surface area contributed by atoms with Gasteiger partial charge in [0.25, 0.3) is 5.91 Å². The number of carbonyl (C=O) groups excluding carboxylic acids is 1. The smallest absolute Gasteiger partial charge is 0.287 e. The summed E-state index contributed by atoms with van der Waals surface area (Å²) in [5.41, 5.74) is 0. The van der Waals surface area contributed by atoms with Crippen molar-refractivity contribution < 1.29 is 9.21 Å². The topological polar surface area (TPSA) is 48.7 Å². The number of rotatable bonds is 5. The molecule has 1 fully saturated rings. The molecular weight excluding hydrogens is 254 g/mol. The highest BCUT2D eigenvalue weighted by molar-refractivity contribution is 5.91. The molecule has 5 heteroatoms. The maximum atomic E-state index is 11.9. The maximum Gasteiger partial charge on any atom is 0.287 e. The van der Waals surface area contributed by atoms with Gasteiger partial charge in [-0.05, 0) is 25.1 Å². The molecule has 0 saturated carbocycles. The second kappa shape index (κ2) is 6.90. The van der Waals surface area contributed by atoms with Crippen LogP contribution in [0.15, 0.2) is 16.5 Å². The van der Waals surface area contributed by atoms with Crippen molar-refractivity contribution in [3.63, 3.8) is 0 Å². The van der Waals surface area contributed by atoms with Crippen molar-refractivity contribution in [2.75, 3.05) is 39.8 Å². The van der Waals surface area contributed by atoms with Crippen LogP contribution in [0.4, 0.5) is 0 Å². The lowest BCUT2D eigenvalue weighted by Gasteiger charge is -2.31. The van der Waals surface area contributed by atoms with E-state index < -0.39 is 0 Å². The van der Waals surface area contributed by atoms with Gasteiger partial charge in [-0.15, -0.1) is 0 Å². The molecule has 0 bridgehead atoms. The first kappa shape index (κ1) is 15.1. The largest absolute Gasteiger partial charge is 0.455 e. The lowest BCUT2D eigenvalue weighted by Crippen LogP contribution is -2.43. The van der Waals surface area contributed by atoms with Crippen molar-refractivity contribution >= 4 is 5.91 Å². The van der Waals surface area contributed by atoms with Gasteiger partial charge in [0.15, 0.2) is 5.76 Å². The molecular formula is C15H25N3O2. The number of nitrogens with zero attached hydrogens (tertiary/aromatic N) is 2. The summed E-state index contributed by atoms with van der Waals surface area (Å²) in [6.07, 6.45) is 0. The molecule has 2 heterocycles. The first-order valence-electron chi connectivity index (χ1n) is 7.32. The molecule has 0 radical (unpaired) electrons. The van der Waals surface area contributed by atoms with E-state index in [1.165, 1.54) is 0 Å². The molecule has 1 saturated heterocycles. The highest BCUT2D eigenvalue weighted by Crippen LogP contribution is 2.12. The Labute approximate surface area is 120 Å². The highest BCUT2D eigenvalue weighted by Gasteiger charge is 2.17. The summed E-state index contributed by atoms with van der Waals surface area (Å²) >= 11 is 0. The standard InChI is InChI=1S/C15H25N3O2/c1-12(2)10-16-15(19)14-5-4-13(20-14)11-18-8-6-17(3)7-9-18/h4-5,12H,6-11H2,1-3H3,(H,16,19). The Morgan fingerprint density at radius 1 is 1.30 bits per heavy atom. The van der Waals surface area contributed by atoms with Crippen molar-refractivity contribution in [1.82, 2.24) is 15.1 Å². The number of furan rings is 1. The quantitative estimate of drug-likeness (QED) is 0.885. The Morgan fingerprint density at radius 2 is 2.00 bits per heavy atom. The maximum absolute atomic E-state index is 11.9. The summed E-state index contributed by atoms with van der Waals surface area (Å²) in [6, 6.07) is 3.67. The molecule has 0 atom stereocenters. The molecule has 20 heavy (non-hydrogen) atoms. The number of nitrogens with one attached hydrogen (secondary N) is 1. The Morgan fingerprint density at radius 3 is 2.65 bits per heavy atom. The zero-order valence-corrected chi connectivity index (χ0v) is 12.7. The molecule has 1 aromatic rings. The zero-order valence-electron chi connectivity index (χ0n) is 12.7. The fraction of sp³-hybridized carbons (Fsp3) is 0.667. The summed E-state index contributed by atoms with van der Waals surface area (Å²) in [7, 11) is 2.14. The van der Waals surface area contributed by atoms with E-state index in [0.29, 0.717) is 18.2 Å². The summed E-state index contributed by atoms with van der Waals surface area (Å²) in [4.78, 5) is 16.6. The minimum absolute atomic E-state index is 0.122. The van der Waals surface area contributed by atoms with Crippen LogP contribution in [0.1, 0.15) is 30.2 Å². The van der Waals surface area contributed by atoms with E-state index in [1.807, 2.05) is 6.07 Å². The fourth-order valence-electron chi connectivity index (χ4n) is 2.20. The van der Waals surface area contributed by atoms with E-state index in [2.05, 4.69) is 36.0 Å². The van der Waals surface area contributed by atoms with Crippen LogP contribution in [0.3, 0.4) is 0 Å². The molecule has 0 spiro atoms. The molecule has 5 nitrogen and oxygen atoms in total. The monoisotopic (exact) mass is 279 g/mol. The van der Waals surface area contributed by atoms with Gasteiger partial charge < -0.3 is 14.6 Å². The number of hydrogen-bond acceptors (Lipinski definition) is 4. The minimum Gasteiger partial charge on any atom is -0.455 e. The summed E-state index contributed by atoms with van der Waals surface area (Å²) in [5, 5.41) is 2.87. The average Bonchev–Trinajstić information content (AvgIpc) is 2.87. The Balaban J connectivity index is 1.84. The van der Waals surface area contributed by atoms with Crippen LogP contribution < -0.4 is 5.32 Å². The Bertz CT molecular complexity index is 434. The third-order valence-corrected chi connectivity index (χ3v) is 3.53. The molecule has 0 aromatic carbocycles. The highest BCUT2D eigenvalue weighted by atomic mass is 16.4. The number of carbonyl (C=O) groups is 1. The summed E-state index contributed by atoms with van der Waals surface area (Å²) < 4.78 is 5.64. The molecule has 0 unspecified atom stereocenters. The van der Waals surface area contributed by atoms with Gasteiger partial charge in [-0.1, -0.05) is 13.8 Å². The van der Waals surface area contributed by atoms with Crippen molar-refractivity contribution in [3.05, 3.63) is 23.7 Å². The van der Waals surface area contributed by atoms with E-state index in [9.17, 15) is 4.79 Å². The van der Waals surface area contributed by atoms with E-state index in [0.717, 1.165) is 38.5 Å². The third-order valence-electron chi connectivity index (χ3n) is 3.53. The first-order valence-corrected chi connectivity index (χ1v) is 7.32. The third kappa shape index (κ3) is 4.35. The first-order chi connectivity index (χ1) is 9.54. The normalized spacial score (nSPS) is 17.6. The lowest BCUT2D eigenvalue weighted by molar-refractivity contribution is 0.0914. The molecule has 1 aliphatic rings. The van der Waals surface area contributed by atoms with Crippen LogP contribution in [-0.4, -0.2) is 55.5 Å². The number of likely N-dealkylation sites (N-methyl/N-ethyl adjacent to an activating group) is 1. The zero-order chi connectivity index (χ0) is 14.5. The molecule has 112 valence electrons. The summed E-state index contributed by atoms with van der Waals surface area (Å²) in [5.74, 6) is 1.60. The fourth-order valence-corrected chi connectivity index (χ4v) is 2.20. The Kier molecular flexibility index (Phi) is 5.20. The second-order valence-electron chi connectivity index (χ2n) is 5.95. The molecule has 1 amide bonds. The van der Waals surface area contributed by atoms with Crippen molar-refractivity contribution in [3.8, 4) is 0 Å².